The number of benzene rings is 1. The summed E-state index contributed by atoms with van der Waals surface area (Å²) in [5.41, 5.74) is 11.5. The number of hydrogen-bond donors (Lipinski definition) is 2. The van der Waals surface area contributed by atoms with Crippen molar-refractivity contribution in [2.45, 2.75) is 31.3 Å². The maximum atomic E-state index is 13.0. The first-order chi connectivity index (χ1) is 13.6. The molecule has 1 aromatic heterocycles. The fourth-order valence-electron chi connectivity index (χ4n) is 3.35. The summed E-state index contributed by atoms with van der Waals surface area (Å²) in [6.07, 6.45) is -3.48. The number of pyridine rings is 1. The van der Waals surface area contributed by atoms with Gasteiger partial charge in [0, 0.05) is 24.5 Å². The van der Waals surface area contributed by atoms with E-state index in [9.17, 15) is 22.8 Å². The molecule has 0 saturated carbocycles. The predicted octanol–water partition coefficient (Wildman–Crippen LogP) is 2.20. The summed E-state index contributed by atoms with van der Waals surface area (Å²) >= 11 is 0. The van der Waals surface area contributed by atoms with Crippen LogP contribution >= 0.6 is 24.8 Å². The lowest BCUT2D eigenvalue weighted by Crippen LogP contribution is -2.46. The number of amides is 1. The van der Waals surface area contributed by atoms with Crippen molar-refractivity contribution in [3.8, 4) is 5.75 Å². The number of halogens is 5. The number of fused-ring (bicyclic) bond motifs is 1. The van der Waals surface area contributed by atoms with Crippen molar-refractivity contribution >= 4 is 53.3 Å². The molecular formula is C18H21Cl2F3N4O4. The minimum Gasteiger partial charge on any atom is -0.467 e. The van der Waals surface area contributed by atoms with Crippen molar-refractivity contribution in [1.29, 1.82) is 0 Å². The number of nitrogens with two attached hydrogens (primary N) is 2. The number of nitrogen functional groups attached to an aromatic ring is 1. The zero-order valence-electron chi connectivity index (χ0n) is 16.2. The van der Waals surface area contributed by atoms with Gasteiger partial charge in [-0.05, 0) is 35.6 Å². The first kappa shape index (κ1) is 26.5. The van der Waals surface area contributed by atoms with E-state index in [1.54, 1.807) is 6.07 Å². The Kier molecular flexibility index (Phi) is 8.74. The molecule has 172 valence electrons. The highest BCUT2D eigenvalue weighted by Crippen LogP contribution is 2.34. The Hall–Kier alpha value is -2.50. The third kappa shape index (κ3) is 5.81. The number of hydrogen-bond acceptors (Lipinski definition) is 7. The van der Waals surface area contributed by atoms with Gasteiger partial charge in [0.25, 0.3) is 0 Å². The largest absolute Gasteiger partial charge is 0.573 e. The zero-order chi connectivity index (χ0) is 21.3. The molecule has 2 atom stereocenters. The van der Waals surface area contributed by atoms with Crippen LogP contribution in [-0.2, 0) is 20.7 Å². The second-order valence-corrected chi connectivity index (χ2v) is 6.59. The molecule has 31 heavy (non-hydrogen) atoms. The summed E-state index contributed by atoms with van der Waals surface area (Å²) in [4.78, 5) is 29.7. The van der Waals surface area contributed by atoms with E-state index in [-0.39, 0.29) is 54.5 Å². The monoisotopic (exact) mass is 484 g/mol. The molecule has 4 N–H and O–H groups in total. The third-order valence-electron chi connectivity index (χ3n) is 4.75. The van der Waals surface area contributed by atoms with E-state index >= 15 is 0 Å². The summed E-state index contributed by atoms with van der Waals surface area (Å²) in [6, 6.07) is 2.19. The molecule has 3 rings (SSSR count). The van der Waals surface area contributed by atoms with Gasteiger partial charge < -0.3 is 25.8 Å². The summed E-state index contributed by atoms with van der Waals surface area (Å²) in [6.45, 7) is 0.194. The molecule has 8 nitrogen and oxygen atoms in total. The van der Waals surface area contributed by atoms with Gasteiger partial charge in [0.05, 0.1) is 13.2 Å². The molecule has 0 aliphatic carbocycles. The van der Waals surface area contributed by atoms with Crippen molar-refractivity contribution in [1.82, 2.24) is 9.88 Å². The Labute approximate surface area is 187 Å². The summed E-state index contributed by atoms with van der Waals surface area (Å²) in [7, 11) is 1.13. The van der Waals surface area contributed by atoms with E-state index in [4.69, 9.17) is 16.2 Å². The van der Waals surface area contributed by atoms with Crippen molar-refractivity contribution in [2.24, 2.45) is 5.73 Å². The fourth-order valence-corrected chi connectivity index (χ4v) is 3.35. The van der Waals surface area contributed by atoms with Crippen LogP contribution in [-0.4, -0.2) is 53.9 Å². The lowest BCUT2D eigenvalue weighted by molar-refractivity contribution is -0.274. The molecule has 0 spiro atoms. The number of rotatable bonds is 5. The number of carbonyl (C=O) groups is 2. The van der Waals surface area contributed by atoms with Gasteiger partial charge in [-0.3, -0.25) is 4.79 Å². The Morgan fingerprint density at radius 3 is 2.58 bits per heavy atom. The van der Waals surface area contributed by atoms with E-state index in [2.05, 4.69) is 9.72 Å². The molecule has 0 bridgehead atoms. The van der Waals surface area contributed by atoms with Gasteiger partial charge in [-0.1, -0.05) is 0 Å². The van der Waals surface area contributed by atoms with E-state index in [1.807, 2.05) is 0 Å². The molecule has 0 unspecified atom stereocenters. The molecule has 2 heterocycles. The van der Waals surface area contributed by atoms with Gasteiger partial charge in [-0.25, -0.2) is 9.78 Å². The molecule has 13 heteroatoms. The maximum Gasteiger partial charge on any atom is 0.573 e. The van der Waals surface area contributed by atoms with E-state index < -0.39 is 36.1 Å². The average Bonchev–Trinajstić information content (AvgIpc) is 2.97. The standard InChI is InChI=1S/C18H19F3N4O4.2ClH/c1-28-17(27)13(25-5-3-12(22)16(25)26)7-10-6-9-2-4-24-15(23)11(9)8-14(10)29-18(19,20)21;;/h2,4,6,8,12-13H,3,5,7,22H2,1H3,(H2,23,24);2*1H/t12-,13+;;/m0../s1. The van der Waals surface area contributed by atoms with E-state index in [1.165, 1.54) is 17.2 Å². The van der Waals surface area contributed by atoms with Gasteiger partial charge >= 0.3 is 12.3 Å². The Morgan fingerprint density at radius 2 is 2.03 bits per heavy atom. The number of alkyl halides is 3. The lowest BCUT2D eigenvalue weighted by Gasteiger charge is -2.27. The fraction of sp³-hybridized carbons (Fsp3) is 0.389. The number of methoxy groups -OCH3 is 1. The first-order valence-electron chi connectivity index (χ1n) is 8.67. The highest BCUT2D eigenvalue weighted by atomic mass is 35.5. The number of nitrogens with zero attached hydrogens (tertiary/aromatic N) is 2. The Morgan fingerprint density at radius 1 is 1.35 bits per heavy atom. The van der Waals surface area contributed by atoms with Crippen LogP contribution in [0, 0.1) is 0 Å². The second kappa shape index (κ2) is 10.2. The van der Waals surface area contributed by atoms with Gasteiger partial charge in [-0.15, -0.1) is 38.0 Å². The molecule has 1 saturated heterocycles. The van der Waals surface area contributed by atoms with Crippen LogP contribution in [0.1, 0.15) is 12.0 Å². The Bertz CT molecular complexity index is 961. The molecule has 1 fully saturated rings. The molecule has 1 aliphatic rings. The summed E-state index contributed by atoms with van der Waals surface area (Å²) in [5.74, 6) is -1.73. The number of likely N-dealkylation sites (tertiary alicyclic amines) is 1. The quantitative estimate of drug-likeness (QED) is 0.623. The smallest absolute Gasteiger partial charge is 0.467 e. The minimum absolute atomic E-state index is 0. The van der Waals surface area contributed by atoms with Gasteiger partial charge in [-0.2, -0.15) is 0 Å². The van der Waals surface area contributed by atoms with Crippen molar-refractivity contribution in [3.63, 3.8) is 0 Å². The van der Waals surface area contributed by atoms with Crippen LogP contribution in [0.25, 0.3) is 10.8 Å². The zero-order valence-corrected chi connectivity index (χ0v) is 17.9. The summed E-state index contributed by atoms with van der Waals surface area (Å²) in [5, 5.41) is 0.777. The maximum absolute atomic E-state index is 13.0. The van der Waals surface area contributed by atoms with Crippen LogP contribution in [0.4, 0.5) is 19.0 Å². The third-order valence-corrected chi connectivity index (χ3v) is 4.75. The van der Waals surface area contributed by atoms with E-state index in [0.717, 1.165) is 13.2 Å². The topological polar surface area (TPSA) is 121 Å². The van der Waals surface area contributed by atoms with Crippen molar-refractivity contribution < 1.29 is 32.2 Å². The predicted molar refractivity (Wildman–Crippen MR) is 111 cm³/mol. The van der Waals surface area contributed by atoms with Crippen LogP contribution in [0.15, 0.2) is 24.4 Å². The van der Waals surface area contributed by atoms with Gasteiger partial charge in [0.15, 0.2) is 0 Å². The molecule has 0 radical (unpaired) electrons. The van der Waals surface area contributed by atoms with Crippen LogP contribution in [0.5, 0.6) is 5.75 Å². The van der Waals surface area contributed by atoms with Crippen LogP contribution in [0.3, 0.4) is 0 Å². The normalized spacial score (nSPS) is 17.0. The second-order valence-electron chi connectivity index (χ2n) is 6.59. The number of aromatic nitrogens is 1. The minimum atomic E-state index is -4.97. The highest BCUT2D eigenvalue weighted by molar-refractivity contribution is 5.93. The van der Waals surface area contributed by atoms with Crippen LogP contribution in [0.2, 0.25) is 0 Å². The van der Waals surface area contributed by atoms with Crippen molar-refractivity contribution in [2.75, 3.05) is 19.4 Å². The molecule has 1 amide bonds. The van der Waals surface area contributed by atoms with Gasteiger partial charge in [0.2, 0.25) is 5.91 Å². The highest BCUT2D eigenvalue weighted by Gasteiger charge is 2.39. The molecule has 2 aromatic rings. The van der Waals surface area contributed by atoms with Gasteiger partial charge in [0.1, 0.15) is 17.6 Å². The van der Waals surface area contributed by atoms with Crippen molar-refractivity contribution in [3.05, 3.63) is 30.0 Å². The number of anilines is 1. The molecule has 1 aliphatic heterocycles. The number of esters is 1. The van der Waals surface area contributed by atoms with Crippen LogP contribution < -0.4 is 16.2 Å². The lowest BCUT2D eigenvalue weighted by atomic mass is 10.00. The SMILES string of the molecule is COC(=O)[C@@H](Cc1cc2ccnc(N)c2cc1OC(F)(F)F)N1CC[C@H](N)C1=O.Cl.Cl. The number of ether oxygens (including phenoxy) is 2. The first-order valence-corrected chi connectivity index (χ1v) is 8.67. The molecular weight excluding hydrogens is 464 g/mol. The Balaban J connectivity index is 0.00000240. The number of carbonyl (C=O) groups excluding carboxylic acids is 2. The van der Waals surface area contributed by atoms with E-state index in [0.29, 0.717) is 11.8 Å². The average molecular weight is 485 g/mol. The summed E-state index contributed by atoms with van der Waals surface area (Å²) < 4.78 is 47.8. The molecule has 1 aromatic carbocycles.